The van der Waals surface area contributed by atoms with Crippen LogP contribution < -0.4 is 5.32 Å². The van der Waals surface area contributed by atoms with Gasteiger partial charge in [0.05, 0.1) is 17.3 Å². The van der Waals surface area contributed by atoms with Gasteiger partial charge in [-0.1, -0.05) is 31.0 Å². The van der Waals surface area contributed by atoms with Gasteiger partial charge in [-0.25, -0.2) is 4.79 Å². The van der Waals surface area contributed by atoms with Crippen molar-refractivity contribution < 1.29 is 37.1 Å². The maximum Gasteiger partial charge on any atom is 0.417 e. The predicted octanol–water partition coefficient (Wildman–Crippen LogP) is 4.67. The lowest BCUT2D eigenvalue weighted by Crippen LogP contribution is -2.46. The summed E-state index contributed by atoms with van der Waals surface area (Å²) >= 11 is 0. The molecule has 1 fully saturated rings. The van der Waals surface area contributed by atoms with Gasteiger partial charge >= 0.3 is 12.1 Å². The molecule has 1 atom stereocenters. The number of benzene rings is 1. The molecule has 11 heteroatoms. The predicted molar refractivity (Wildman–Crippen MR) is 128 cm³/mol. The summed E-state index contributed by atoms with van der Waals surface area (Å²) in [6.45, 7) is 5.88. The van der Waals surface area contributed by atoms with Crippen LogP contribution >= 0.6 is 0 Å². The molecule has 1 saturated carbocycles. The van der Waals surface area contributed by atoms with Crippen LogP contribution in [0.2, 0.25) is 0 Å². The summed E-state index contributed by atoms with van der Waals surface area (Å²) < 4.78 is 47.8. The lowest BCUT2D eigenvalue weighted by molar-refractivity contribution is -0.163. The van der Waals surface area contributed by atoms with Crippen molar-refractivity contribution >= 4 is 23.4 Å². The summed E-state index contributed by atoms with van der Waals surface area (Å²) in [5.41, 5.74) is -2.08. The number of Topliss-reactive ketones (excluding diaryl/α,β-unsaturated/α-hetero) is 2. The number of esters is 1. The Morgan fingerprint density at radius 2 is 1.73 bits per heavy atom. The number of carbonyl (C=O) groups excluding carboxylic acids is 4. The molecule has 0 saturated heterocycles. The van der Waals surface area contributed by atoms with Gasteiger partial charge in [-0.3, -0.25) is 19.1 Å². The van der Waals surface area contributed by atoms with E-state index in [4.69, 9.17) is 4.74 Å². The van der Waals surface area contributed by atoms with Crippen molar-refractivity contribution in [3.63, 3.8) is 0 Å². The molecule has 1 aliphatic rings. The molecule has 8 nitrogen and oxygen atoms in total. The maximum atomic E-state index is 13.8. The Hall–Kier alpha value is -3.50. The van der Waals surface area contributed by atoms with Crippen molar-refractivity contribution in [3.8, 4) is 11.3 Å². The minimum atomic E-state index is -4.63. The van der Waals surface area contributed by atoms with E-state index in [0.717, 1.165) is 18.9 Å². The molecule has 1 aliphatic carbocycles. The van der Waals surface area contributed by atoms with E-state index >= 15 is 0 Å². The first kappa shape index (κ1) is 28.1. The van der Waals surface area contributed by atoms with Crippen molar-refractivity contribution in [3.05, 3.63) is 41.6 Å². The van der Waals surface area contributed by atoms with Crippen LogP contribution in [0.15, 0.2) is 30.3 Å². The third-order valence-electron chi connectivity index (χ3n) is 5.86. The number of ketones is 2. The third kappa shape index (κ3) is 7.05. The average Bonchev–Trinajstić information content (AvgIpc) is 3.46. The Morgan fingerprint density at radius 3 is 2.30 bits per heavy atom. The summed E-state index contributed by atoms with van der Waals surface area (Å²) in [7, 11) is 0. The number of amides is 1. The van der Waals surface area contributed by atoms with Gasteiger partial charge in [-0.15, -0.1) is 0 Å². The number of nitrogens with one attached hydrogen (secondary N) is 1. The molecule has 200 valence electrons. The number of nitrogens with zero attached hydrogens (tertiary/aromatic N) is 2. The van der Waals surface area contributed by atoms with Gasteiger partial charge in [-0.05, 0) is 52.7 Å². The Balaban J connectivity index is 1.98. The van der Waals surface area contributed by atoms with Gasteiger partial charge in [0.1, 0.15) is 17.4 Å². The molecule has 37 heavy (non-hydrogen) atoms. The summed E-state index contributed by atoms with van der Waals surface area (Å²) in [5, 5.41) is 6.66. The molecule has 1 aromatic carbocycles. The molecular weight excluding hydrogens is 491 g/mol. The first-order chi connectivity index (χ1) is 17.2. The van der Waals surface area contributed by atoms with E-state index in [-0.39, 0.29) is 23.0 Å². The number of ether oxygens (including phenoxy) is 1. The van der Waals surface area contributed by atoms with Gasteiger partial charge in [-0.2, -0.15) is 18.3 Å². The minimum absolute atomic E-state index is 0.117. The molecule has 1 amide bonds. The van der Waals surface area contributed by atoms with Crippen LogP contribution in [0.1, 0.15) is 81.9 Å². The fraction of sp³-hybridized carbons (Fsp3) is 0.500. The number of hydrogen-bond acceptors (Lipinski definition) is 6. The van der Waals surface area contributed by atoms with Crippen molar-refractivity contribution in [1.82, 2.24) is 15.1 Å². The van der Waals surface area contributed by atoms with E-state index in [0.29, 0.717) is 12.8 Å². The summed E-state index contributed by atoms with van der Waals surface area (Å²) in [5.74, 6) is -3.68. The Labute approximate surface area is 212 Å². The van der Waals surface area contributed by atoms with E-state index in [9.17, 15) is 32.3 Å². The largest absolute Gasteiger partial charge is 0.454 e. The smallest absolute Gasteiger partial charge is 0.417 e. The summed E-state index contributed by atoms with van der Waals surface area (Å²) in [6.07, 6.45) is -1.97. The highest BCUT2D eigenvalue weighted by Gasteiger charge is 2.36. The molecule has 0 unspecified atom stereocenters. The van der Waals surface area contributed by atoms with Crippen LogP contribution in [-0.4, -0.2) is 44.9 Å². The molecule has 0 radical (unpaired) electrons. The lowest BCUT2D eigenvalue weighted by atomic mass is 10.0. The van der Waals surface area contributed by atoms with E-state index in [1.807, 2.05) is 0 Å². The van der Waals surface area contributed by atoms with Crippen molar-refractivity contribution in [2.75, 3.05) is 0 Å². The second kappa shape index (κ2) is 10.9. The highest BCUT2D eigenvalue weighted by molar-refractivity contribution is 6.36. The van der Waals surface area contributed by atoms with Crippen molar-refractivity contribution in [2.45, 2.75) is 83.7 Å². The van der Waals surface area contributed by atoms with E-state index < -0.39 is 53.2 Å². The number of halogens is 3. The van der Waals surface area contributed by atoms with E-state index in [1.54, 1.807) is 20.8 Å². The number of hydrogen-bond donors (Lipinski definition) is 1. The summed E-state index contributed by atoms with van der Waals surface area (Å²) in [4.78, 5) is 49.8. The third-order valence-corrected chi connectivity index (χ3v) is 5.86. The highest BCUT2D eigenvalue weighted by atomic mass is 19.4. The SMILES string of the molecule is CC(=O)C[C@H](NC(=O)c1cc(-c2ccccc2C(F)(F)F)n(C2CCCC2)n1)C(=O)C(=O)OC(C)(C)C. The number of rotatable bonds is 8. The minimum Gasteiger partial charge on any atom is -0.454 e. The molecule has 3 rings (SSSR count). The van der Waals surface area contributed by atoms with Crippen LogP contribution in [0.3, 0.4) is 0 Å². The van der Waals surface area contributed by atoms with Crippen LogP contribution in [0.4, 0.5) is 13.2 Å². The van der Waals surface area contributed by atoms with Crippen molar-refractivity contribution in [1.29, 1.82) is 0 Å². The highest BCUT2D eigenvalue weighted by Crippen LogP contribution is 2.40. The van der Waals surface area contributed by atoms with E-state index in [1.165, 1.54) is 35.9 Å². The van der Waals surface area contributed by atoms with Gasteiger partial charge in [0, 0.05) is 12.0 Å². The fourth-order valence-electron chi connectivity index (χ4n) is 4.29. The normalized spacial score (nSPS) is 15.3. The monoisotopic (exact) mass is 521 g/mol. The summed E-state index contributed by atoms with van der Waals surface area (Å²) in [6, 6.07) is 4.56. The van der Waals surface area contributed by atoms with Crippen LogP contribution in [0.25, 0.3) is 11.3 Å². The van der Waals surface area contributed by atoms with Crippen LogP contribution in [-0.2, 0) is 25.3 Å². The van der Waals surface area contributed by atoms with Crippen LogP contribution in [0.5, 0.6) is 0 Å². The zero-order chi connectivity index (χ0) is 27.5. The standard InChI is InChI=1S/C26H30F3N3O5/c1-15(33)13-19(22(34)24(36)37-25(2,3)4)30-23(35)20-14-21(32(31-20)16-9-5-6-10-16)17-11-7-8-12-18(17)26(27,28)29/h7-8,11-12,14,16,19H,5-6,9-10,13H2,1-4H3,(H,30,35)/t19-/m0/s1. The quantitative estimate of drug-likeness (QED) is 0.400. The van der Waals surface area contributed by atoms with Crippen molar-refractivity contribution in [2.24, 2.45) is 0 Å². The average molecular weight is 522 g/mol. The van der Waals surface area contributed by atoms with E-state index in [2.05, 4.69) is 10.4 Å². The molecule has 0 aliphatic heterocycles. The maximum absolute atomic E-state index is 13.8. The van der Waals surface area contributed by atoms with Crippen LogP contribution in [0, 0.1) is 0 Å². The first-order valence-corrected chi connectivity index (χ1v) is 12.0. The number of carbonyl (C=O) groups is 4. The fourth-order valence-corrected chi connectivity index (χ4v) is 4.29. The molecular formula is C26H30F3N3O5. The first-order valence-electron chi connectivity index (χ1n) is 12.0. The zero-order valence-corrected chi connectivity index (χ0v) is 21.1. The van der Waals surface area contributed by atoms with Gasteiger partial charge in [0.15, 0.2) is 5.69 Å². The second-order valence-corrected chi connectivity index (χ2v) is 10.1. The molecule has 1 heterocycles. The molecule has 1 aromatic heterocycles. The van der Waals surface area contributed by atoms with Gasteiger partial charge < -0.3 is 10.1 Å². The van der Waals surface area contributed by atoms with Gasteiger partial charge in [0.2, 0.25) is 0 Å². The number of alkyl halides is 3. The topological polar surface area (TPSA) is 107 Å². The Kier molecular flexibility index (Phi) is 8.24. The van der Waals surface area contributed by atoms with Gasteiger partial charge in [0.25, 0.3) is 11.7 Å². The number of aromatic nitrogens is 2. The Bertz CT molecular complexity index is 1190. The lowest BCUT2D eigenvalue weighted by Gasteiger charge is -2.21. The Morgan fingerprint density at radius 1 is 1.11 bits per heavy atom. The zero-order valence-electron chi connectivity index (χ0n) is 21.1. The molecule has 1 N–H and O–H groups in total. The second-order valence-electron chi connectivity index (χ2n) is 10.1. The molecule has 0 bridgehead atoms. The molecule has 2 aromatic rings. The molecule has 0 spiro atoms.